The third-order valence-corrected chi connectivity index (χ3v) is 4.67. The first-order chi connectivity index (χ1) is 9.29. The second kappa shape index (κ2) is 5.82. The van der Waals surface area contributed by atoms with E-state index >= 15 is 0 Å². The smallest absolute Gasteiger partial charge is 0.256 e. The van der Waals surface area contributed by atoms with E-state index in [0.29, 0.717) is 13.1 Å². The summed E-state index contributed by atoms with van der Waals surface area (Å²) in [6.45, 7) is 2.49. The van der Waals surface area contributed by atoms with Crippen molar-refractivity contribution in [3.05, 3.63) is 23.0 Å². The van der Waals surface area contributed by atoms with Crippen molar-refractivity contribution in [2.24, 2.45) is 0 Å². The molecule has 112 valence electrons. The largest absolute Gasteiger partial charge is 0.396 e. The highest BCUT2D eigenvalue weighted by Crippen LogP contribution is 2.25. The van der Waals surface area contributed by atoms with Gasteiger partial charge in [0.2, 0.25) is 0 Å². The maximum absolute atomic E-state index is 13.9. The number of hydrazine groups is 1. The number of nitrogens with two attached hydrogens (primary N) is 1. The van der Waals surface area contributed by atoms with Crippen LogP contribution in [0.5, 0.6) is 0 Å². The van der Waals surface area contributed by atoms with Crippen LogP contribution in [0.1, 0.15) is 0 Å². The Hall–Kier alpha value is -0.930. The predicted octanol–water partition coefficient (Wildman–Crippen LogP) is 0.502. The Morgan fingerprint density at radius 3 is 2.50 bits per heavy atom. The lowest BCUT2D eigenvalue weighted by molar-refractivity contribution is 0.134. The Morgan fingerprint density at radius 1 is 1.30 bits per heavy atom. The van der Waals surface area contributed by atoms with Gasteiger partial charge in [-0.2, -0.15) is 0 Å². The van der Waals surface area contributed by atoms with Gasteiger partial charge in [-0.25, -0.2) is 17.8 Å². The lowest BCUT2D eigenvalue weighted by atomic mass is 10.3. The Balaban J connectivity index is 2.23. The number of sulfonamides is 1. The van der Waals surface area contributed by atoms with Crippen molar-refractivity contribution < 1.29 is 12.8 Å². The van der Waals surface area contributed by atoms with E-state index in [2.05, 4.69) is 9.73 Å². The summed E-state index contributed by atoms with van der Waals surface area (Å²) in [6.07, 6.45) is 0. The van der Waals surface area contributed by atoms with Crippen LogP contribution in [0.4, 0.5) is 10.1 Å². The molecule has 0 unspecified atom stereocenters. The molecule has 1 aromatic carbocycles. The number of likely N-dealkylation sites (N-methyl/N-ethyl adjacent to an activating group) is 1. The van der Waals surface area contributed by atoms with Crippen molar-refractivity contribution in [1.29, 1.82) is 0 Å². The molecule has 0 saturated carbocycles. The lowest BCUT2D eigenvalue weighted by Crippen LogP contribution is -2.52. The van der Waals surface area contributed by atoms with Crippen LogP contribution < -0.4 is 10.6 Å². The summed E-state index contributed by atoms with van der Waals surface area (Å²) in [6, 6.07) is 2.22. The number of rotatable bonds is 3. The van der Waals surface area contributed by atoms with Crippen molar-refractivity contribution in [3.63, 3.8) is 0 Å². The van der Waals surface area contributed by atoms with Crippen molar-refractivity contribution >= 4 is 27.3 Å². The summed E-state index contributed by atoms with van der Waals surface area (Å²) in [7, 11) is -2.09. The highest BCUT2D eigenvalue weighted by Gasteiger charge is 2.25. The molecule has 1 aliphatic rings. The molecule has 1 heterocycles. The molecule has 1 aliphatic heterocycles. The van der Waals surface area contributed by atoms with E-state index in [1.165, 1.54) is 11.1 Å². The first kappa shape index (κ1) is 15.5. The topological polar surface area (TPSA) is 78.7 Å². The fourth-order valence-corrected chi connectivity index (χ4v) is 3.44. The van der Waals surface area contributed by atoms with Gasteiger partial charge in [-0.05, 0) is 19.2 Å². The van der Waals surface area contributed by atoms with Crippen LogP contribution in [0.15, 0.2) is 17.0 Å². The van der Waals surface area contributed by atoms with E-state index in [9.17, 15) is 12.8 Å². The first-order valence-electron chi connectivity index (χ1n) is 6.00. The van der Waals surface area contributed by atoms with Crippen LogP contribution in [0.3, 0.4) is 0 Å². The minimum Gasteiger partial charge on any atom is -0.396 e. The van der Waals surface area contributed by atoms with E-state index in [1.54, 1.807) is 0 Å². The van der Waals surface area contributed by atoms with Gasteiger partial charge < -0.3 is 10.6 Å². The van der Waals surface area contributed by atoms with Crippen LogP contribution in [-0.2, 0) is 10.0 Å². The zero-order chi connectivity index (χ0) is 14.9. The van der Waals surface area contributed by atoms with Gasteiger partial charge in [-0.3, -0.25) is 0 Å². The van der Waals surface area contributed by atoms with Gasteiger partial charge >= 0.3 is 0 Å². The summed E-state index contributed by atoms with van der Waals surface area (Å²) in [5.74, 6) is -0.990. The Morgan fingerprint density at radius 2 is 1.90 bits per heavy atom. The van der Waals surface area contributed by atoms with Gasteiger partial charge in [0.1, 0.15) is 4.90 Å². The average molecular weight is 323 g/mol. The number of hydrogen-bond donors (Lipinski definition) is 2. The van der Waals surface area contributed by atoms with E-state index < -0.39 is 20.7 Å². The number of anilines is 1. The van der Waals surface area contributed by atoms with Gasteiger partial charge in [-0.15, -0.1) is 4.83 Å². The number of hydrogen-bond acceptors (Lipinski definition) is 5. The minimum atomic E-state index is -4.04. The second-order valence-corrected chi connectivity index (χ2v) is 6.76. The molecule has 2 rings (SSSR count). The maximum atomic E-state index is 13.9. The zero-order valence-electron chi connectivity index (χ0n) is 10.9. The molecule has 0 spiro atoms. The standard InChI is InChI=1S/C11H16ClFN4O2S/c1-16-2-4-17(5-3-16)15-20(18,19)10-7-8(12)6-9(14)11(10)13/h6-7,15H,2-5,14H2,1H3. The molecule has 0 atom stereocenters. The van der Waals surface area contributed by atoms with Crippen molar-refractivity contribution in [3.8, 4) is 0 Å². The number of nitrogens with one attached hydrogen (secondary N) is 1. The summed E-state index contributed by atoms with van der Waals surface area (Å²) in [5.41, 5.74) is 5.10. The van der Waals surface area contributed by atoms with Crippen molar-refractivity contribution in [2.45, 2.75) is 4.90 Å². The normalized spacial score (nSPS) is 18.4. The van der Waals surface area contributed by atoms with Crippen molar-refractivity contribution in [1.82, 2.24) is 14.7 Å². The average Bonchev–Trinajstić information content (AvgIpc) is 2.36. The number of nitrogen functional groups attached to an aromatic ring is 1. The number of halogens is 2. The monoisotopic (exact) mass is 322 g/mol. The minimum absolute atomic E-state index is 0.0719. The van der Waals surface area contributed by atoms with E-state index in [1.807, 2.05) is 7.05 Å². The highest BCUT2D eigenvalue weighted by molar-refractivity contribution is 7.89. The molecule has 0 aliphatic carbocycles. The molecule has 20 heavy (non-hydrogen) atoms. The second-order valence-electron chi connectivity index (χ2n) is 4.69. The molecule has 0 amide bonds. The molecule has 0 aromatic heterocycles. The number of piperazine rings is 1. The maximum Gasteiger partial charge on any atom is 0.256 e. The molecule has 0 bridgehead atoms. The summed E-state index contributed by atoms with van der Waals surface area (Å²) in [5, 5.41) is 1.61. The molecule has 6 nitrogen and oxygen atoms in total. The number of benzene rings is 1. The van der Waals surface area contributed by atoms with E-state index in [-0.39, 0.29) is 10.7 Å². The van der Waals surface area contributed by atoms with Gasteiger partial charge in [-0.1, -0.05) is 11.6 Å². The summed E-state index contributed by atoms with van der Waals surface area (Å²) in [4.78, 5) is 3.88. The van der Waals surface area contributed by atoms with Gasteiger partial charge in [0, 0.05) is 31.2 Å². The Labute approximate surface area is 122 Å². The van der Waals surface area contributed by atoms with Crippen LogP contribution in [0.25, 0.3) is 0 Å². The summed E-state index contributed by atoms with van der Waals surface area (Å²) < 4.78 is 38.2. The molecule has 1 fully saturated rings. The van der Waals surface area contributed by atoms with E-state index in [4.69, 9.17) is 17.3 Å². The van der Waals surface area contributed by atoms with Gasteiger partial charge in [0.15, 0.2) is 5.82 Å². The Bertz CT molecular complexity index is 603. The van der Waals surface area contributed by atoms with Crippen LogP contribution in [0, 0.1) is 5.82 Å². The van der Waals surface area contributed by atoms with Crippen molar-refractivity contribution in [2.75, 3.05) is 39.0 Å². The third kappa shape index (κ3) is 3.39. The predicted molar refractivity (Wildman–Crippen MR) is 75.2 cm³/mol. The fourth-order valence-electron chi connectivity index (χ4n) is 1.90. The van der Waals surface area contributed by atoms with Crippen LogP contribution in [0.2, 0.25) is 5.02 Å². The molecular weight excluding hydrogens is 307 g/mol. The summed E-state index contributed by atoms with van der Waals surface area (Å²) >= 11 is 5.73. The highest BCUT2D eigenvalue weighted by atomic mass is 35.5. The molecule has 3 N–H and O–H groups in total. The quantitative estimate of drug-likeness (QED) is 0.792. The SMILES string of the molecule is CN1CCN(NS(=O)(=O)c2cc(Cl)cc(N)c2F)CC1. The van der Waals surface area contributed by atoms with E-state index in [0.717, 1.165) is 19.2 Å². The Kier molecular flexibility index (Phi) is 4.50. The number of nitrogens with zero attached hydrogens (tertiary/aromatic N) is 2. The molecule has 1 saturated heterocycles. The van der Waals surface area contributed by atoms with Gasteiger partial charge in [0.25, 0.3) is 10.0 Å². The van der Waals surface area contributed by atoms with Gasteiger partial charge in [0.05, 0.1) is 5.69 Å². The molecule has 0 radical (unpaired) electrons. The van der Waals surface area contributed by atoms with Crippen LogP contribution in [-0.4, -0.2) is 51.6 Å². The third-order valence-electron chi connectivity index (χ3n) is 3.07. The molecule has 1 aromatic rings. The first-order valence-corrected chi connectivity index (χ1v) is 7.86. The molecule has 9 heteroatoms. The fraction of sp³-hybridized carbons (Fsp3) is 0.455. The van der Waals surface area contributed by atoms with Crippen LogP contribution >= 0.6 is 11.6 Å². The lowest BCUT2D eigenvalue weighted by Gasteiger charge is -2.32. The zero-order valence-corrected chi connectivity index (χ0v) is 12.5. The molecular formula is C11H16ClFN4O2S.